The molecule has 0 unspecified atom stereocenters. The Hall–Kier alpha value is -1.38. The zero-order valence-corrected chi connectivity index (χ0v) is 12.2. The molecule has 0 atom stereocenters. The Labute approximate surface area is 116 Å². The average Bonchev–Trinajstić information content (AvgIpc) is 2.39. The SMILES string of the molecule is CC(C)NCCN(C)Cc1cccc2ccccc12. The molecule has 102 valence electrons. The number of hydrogen-bond acceptors (Lipinski definition) is 2. The topological polar surface area (TPSA) is 15.3 Å². The minimum atomic E-state index is 0.561. The van der Waals surface area contributed by atoms with E-state index >= 15 is 0 Å². The molecule has 0 saturated heterocycles. The van der Waals surface area contributed by atoms with Crippen LogP contribution in [0, 0.1) is 0 Å². The van der Waals surface area contributed by atoms with Gasteiger partial charge in [-0.25, -0.2) is 0 Å². The molecule has 2 heteroatoms. The normalized spacial score (nSPS) is 11.6. The van der Waals surface area contributed by atoms with Crippen LogP contribution in [0.1, 0.15) is 19.4 Å². The molecule has 19 heavy (non-hydrogen) atoms. The van der Waals surface area contributed by atoms with Crippen LogP contribution in [0.3, 0.4) is 0 Å². The molecule has 0 spiro atoms. The lowest BCUT2D eigenvalue weighted by molar-refractivity contribution is 0.321. The first-order chi connectivity index (χ1) is 9.16. The van der Waals surface area contributed by atoms with E-state index in [9.17, 15) is 0 Å². The van der Waals surface area contributed by atoms with Crippen molar-refractivity contribution >= 4 is 10.8 Å². The van der Waals surface area contributed by atoms with Crippen molar-refractivity contribution in [3.8, 4) is 0 Å². The van der Waals surface area contributed by atoms with E-state index in [1.165, 1.54) is 16.3 Å². The summed E-state index contributed by atoms with van der Waals surface area (Å²) in [5.41, 5.74) is 1.41. The van der Waals surface area contributed by atoms with Gasteiger partial charge < -0.3 is 10.2 Å². The van der Waals surface area contributed by atoms with Crippen LogP contribution in [0.25, 0.3) is 10.8 Å². The summed E-state index contributed by atoms with van der Waals surface area (Å²) in [5.74, 6) is 0. The maximum Gasteiger partial charge on any atom is 0.0237 e. The number of benzene rings is 2. The largest absolute Gasteiger partial charge is 0.313 e. The highest BCUT2D eigenvalue weighted by Crippen LogP contribution is 2.19. The predicted octanol–water partition coefficient (Wildman–Crippen LogP) is 3.27. The highest BCUT2D eigenvalue weighted by Gasteiger charge is 2.04. The second-order valence-electron chi connectivity index (χ2n) is 5.48. The fourth-order valence-corrected chi connectivity index (χ4v) is 2.34. The summed E-state index contributed by atoms with van der Waals surface area (Å²) in [4.78, 5) is 2.37. The van der Waals surface area contributed by atoms with Crippen LogP contribution in [-0.2, 0) is 6.54 Å². The summed E-state index contributed by atoms with van der Waals surface area (Å²) in [6, 6.07) is 15.7. The van der Waals surface area contributed by atoms with Gasteiger partial charge in [-0.3, -0.25) is 0 Å². The van der Waals surface area contributed by atoms with Gasteiger partial charge in [0.1, 0.15) is 0 Å². The van der Waals surface area contributed by atoms with Gasteiger partial charge in [0.15, 0.2) is 0 Å². The summed E-state index contributed by atoms with van der Waals surface area (Å²) >= 11 is 0. The number of rotatable bonds is 6. The molecular formula is C17H24N2. The Morgan fingerprint density at radius 3 is 2.58 bits per heavy atom. The van der Waals surface area contributed by atoms with Gasteiger partial charge in [0, 0.05) is 25.7 Å². The molecule has 0 fully saturated rings. The van der Waals surface area contributed by atoms with E-state index < -0.39 is 0 Å². The molecule has 2 rings (SSSR count). The van der Waals surface area contributed by atoms with Crippen molar-refractivity contribution in [3.63, 3.8) is 0 Å². The zero-order valence-electron chi connectivity index (χ0n) is 12.2. The first kappa shape index (κ1) is 14.0. The number of nitrogens with zero attached hydrogens (tertiary/aromatic N) is 1. The minimum Gasteiger partial charge on any atom is -0.313 e. The Morgan fingerprint density at radius 1 is 1.05 bits per heavy atom. The lowest BCUT2D eigenvalue weighted by Gasteiger charge is -2.19. The van der Waals surface area contributed by atoms with Crippen molar-refractivity contribution in [3.05, 3.63) is 48.0 Å². The molecule has 2 aromatic rings. The van der Waals surface area contributed by atoms with Crippen molar-refractivity contribution in [2.45, 2.75) is 26.4 Å². The second kappa shape index (κ2) is 6.69. The van der Waals surface area contributed by atoms with E-state index in [1.807, 2.05) is 0 Å². The lowest BCUT2D eigenvalue weighted by Crippen LogP contribution is -2.32. The molecule has 1 N–H and O–H groups in total. The van der Waals surface area contributed by atoms with Gasteiger partial charge in [0.2, 0.25) is 0 Å². The van der Waals surface area contributed by atoms with Gasteiger partial charge in [-0.15, -0.1) is 0 Å². The summed E-state index contributed by atoms with van der Waals surface area (Å²) in [7, 11) is 2.18. The van der Waals surface area contributed by atoms with Crippen molar-refractivity contribution in [2.24, 2.45) is 0 Å². The number of likely N-dealkylation sites (N-methyl/N-ethyl adjacent to an activating group) is 1. The first-order valence-corrected chi connectivity index (χ1v) is 7.05. The summed E-state index contributed by atoms with van der Waals surface area (Å²) < 4.78 is 0. The van der Waals surface area contributed by atoms with Crippen LogP contribution in [-0.4, -0.2) is 31.1 Å². The van der Waals surface area contributed by atoms with Gasteiger partial charge in [-0.05, 0) is 23.4 Å². The minimum absolute atomic E-state index is 0.561. The molecule has 0 radical (unpaired) electrons. The summed E-state index contributed by atoms with van der Waals surface area (Å²) in [6.45, 7) is 7.48. The number of nitrogens with one attached hydrogen (secondary N) is 1. The van der Waals surface area contributed by atoms with E-state index in [1.54, 1.807) is 0 Å². The van der Waals surface area contributed by atoms with Gasteiger partial charge in [0.25, 0.3) is 0 Å². The van der Waals surface area contributed by atoms with Crippen LogP contribution in [0.5, 0.6) is 0 Å². The molecule has 2 aromatic carbocycles. The van der Waals surface area contributed by atoms with Crippen molar-refractivity contribution < 1.29 is 0 Å². The Morgan fingerprint density at radius 2 is 1.79 bits per heavy atom. The van der Waals surface area contributed by atoms with Gasteiger partial charge >= 0.3 is 0 Å². The molecule has 0 aromatic heterocycles. The second-order valence-corrected chi connectivity index (χ2v) is 5.48. The van der Waals surface area contributed by atoms with Crippen LogP contribution >= 0.6 is 0 Å². The Bertz CT molecular complexity index is 514. The lowest BCUT2D eigenvalue weighted by atomic mass is 10.0. The molecule has 0 bridgehead atoms. The first-order valence-electron chi connectivity index (χ1n) is 7.05. The predicted molar refractivity (Wildman–Crippen MR) is 83.4 cm³/mol. The fourth-order valence-electron chi connectivity index (χ4n) is 2.34. The number of fused-ring (bicyclic) bond motifs is 1. The van der Waals surface area contributed by atoms with Crippen molar-refractivity contribution in [1.82, 2.24) is 10.2 Å². The number of hydrogen-bond donors (Lipinski definition) is 1. The highest BCUT2D eigenvalue weighted by atomic mass is 15.1. The highest BCUT2D eigenvalue weighted by molar-refractivity contribution is 5.85. The average molecular weight is 256 g/mol. The molecule has 0 aliphatic heterocycles. The zero-order chi connectivity index (χ0) is 13.7. The monoisotopic (exact) mass is 256 g/mol. The summed E-state index contributed by atoms with van der Waals surface area (Å²) in [5, 5.41) is 6.15. The van der Waals surface area contributed by atoms with Gasteiger partial charge in [-0.1, -0.05) is 56.3 Å². The van der Waals surface area contributed by atoms with Crippen molar-refractivity contribution in [1.29, 1.82) is 0 Å². The van der Waals surface area contributed by atoms with E-state index in [-0.39, 0.29) is 0 Å². The third-order valence-corrected chi connectivity index (χ3v) is 3.37. The summed E-state index contributed by atoms with van der Waals surface area (Å²) in [6.07, 6.45) is 0. The molecule has 0 amide bonds. The molecule has 0 heterocycles. The standard InChI is InChI=1S/C17H24N2/c1-14(2)18-11-12-19(3)13-16-9-6-8-15-7-4-5-10-17(15)16/h4-10,14,18H,11-13H2,1-3H3. The third-order valence-electron chi connectivity index (χ3n) is 3.37. The van der Waals surface area contributed by atoms with Gasteiger partial charge in [0.05, 0.1) is 0 Å². The van der Waals surface area contributed by atoms with Crippen LogP contribution < -0.4 is 5.32 Å². The van der Waals surface area contributed by atoms with Gasteiger partial charge in [-0.2, -0.15) is 0 Å². The quantitative estimate of drug-likeness (QED) is 0.853. The third kappa shape index (κ3) is 4.05. The maximum atomic E-state index is 3.46. The maximum absolute atomic E-state index is 3.46. The van der Waals surface area contributed by atoms with E-state index in [2.05, 4.69) is 73.6 Å². The molecule has 0 aliphatic carbocycles. The van der Waals surface area contributed by atoms with E-state index in [0.29, 0.717) is 6.04 Å². The smallest absolute Gasteiger partial charge is 0.0237 e. The fraction of sp³-hybridized carbons (Fsp3) is 0.412. The Kier molecular flexibility index (Phi) is 4.94. The van der Waals surface area contributed by atoms with Crippen molar-refractivity contribution in [2.75, 3.05) is 20.1 Å². The van der Waals surface area contributed by atoms with Crippen LogP contribution in [0.2, 0.25) is 0 Å². The Balaban J connectivity index is 2.00. The molecule has 2 nitrogen and oxygen atoms in total. The van der Waals surface area contributed by atoms with Crippen LogP contribution in [0.4, 0.5) is 0 Å². The molecule has 0 saturated carbocycles. The van der Waals surface area contributed by atoms with Crippen LogP contribution in [0.15, 0.2) is 42.5 Å². The molecule has 0 aliphatic rings. The molecular weight excluding hydrogens is 232 g/mol. The van der Waals surface area contributed by atoms with E-state index in [0.717, 1.165) is 19.6 Å². The van der Waals surface area contributed by atoms with E-state index in [4.69, 9.17) is 0 Å².